The zero-order valence-corrected chi connectivity index (χ0v) is 17.4. The second kappa shape index (κ2) is 8.66. The Morgan fingerprint density at radius 2 is 1.28 bits per heavy atom. The van der Waals surface area contributed by atoms with Gasteiger partial charge in [-0.3, -0.25) is 0 Å². The summed E-state index contributed by atoms with van der Waals surface area (Å²) in [6.45, 7) is 13.7. The molecule has 2 aromatic rings. The molecule has 0 radical (unpaired) electrons. The molecule has 29 heavy (non-hydrogen) atoms. The van der Waals surface area contributed by atoms with E-state index in [0.29, 0.717) is 0 Å². The number of allylic oxidation sites excluding steroid dienone is 2. The Morgan fingerprint density at radius 3 is 1.62 bits per heavy atom. The Hall–Kier alpha value is -2.20. The fraction of sp³-hybridized carbons (Fsp3) is 0.385. The fourth-order valence-electron chi connectivity index (χ4n) is 3.69. The Balaban J connectivity index is 1.47. The third-order valence-electron chi connectivity index (χ3n) is 5.61. The molecule has 2 heterocycles. The first-order chi connectivity index (χ1) is 14.0. The minimum absolute atomic E-state index is 0.0360. The van der Waals surface area contributed by atoms with Crippen LogP contribution in [0.25, 0.3) is 11.1 Å². The van der Waals surface area contributed by atoms with Crippen molar-refractivity contribution in [3.05, 3.63) is 83.9 Å². The quantitative estimate of drug-likeness (QED) is 0.530. The molecule has 2 aromatic carbocycles. The van der Waals surface area contributed by atoms with Gasteiger partial charge in [0.05, 0.1) is 25.4 Å². The predicted molar refractivity (Wildman–Crippen MR) is 118 cm³/mol. The highest BCUT2D eigenvalue weighted by atomic mass is 16.6. The molecule has 0 amide bonds. The van der Waals surface area contributed by atoms with E-state index in [-0.39, 0.29) is 24.4 Å². The molecule has 0 aromatic heterocycles. The van der Waals surface area contributed by atoms with E-state index in [4.69, 9.17) is 14.2 Å². The summed E-state index contributed by atoms with van der Waals surface area (Å²) in [5.41, 5.74) is 7.02. The Labute approximate surface area is 174 Å². The lowest BCUT2D eigenvalue weighted by molar-refractivity contribution is -0.0369. The van der Waals surface area contributed by atoms with Crippen LogP contribution in [0.5, 0.6) is 0 Å². The maximum atomic E-state index is 6.61. The normalized spacial score (nSPS) is 22.0. The van der Waals surface area contributed by atoms with Gasteiger partial charge >= 0.3 is 0 Å². The van der Waals surface area contributed by atoms with Gasteiger partial charge in [-0.15, -0.1) is 0 Å². The van der Waals surface area contributed by atoms with Crippen molar-refractivity contribution in [3.63, 3.8) is 0 Å². The SMILES string of the molecule is C=C(C)c1cccc(CC(OC(Cc2cccc(C(=C)C)c2)C2CO2)C2CO2)c1. The number of ether oxygens (including phenoxy) is 3. The van der Waals surface area contributed by atoms with E-state index in [1.54, 1.807) is 0 Å². The van der Waals surface area contributed by atoms with E-state index in [9.17, 15) is 0 Å². The van der Waals surface area contributed by atoms with Gasteiger partial charge in [0.25, 0.3) is 0 Å². The summed E-state index contributed by atoms with van der Waals surface area (Å²) in [5, 5.41) is 0. The minimum Gasteiger partial charge on any atom is -0.370 e. The van der Waals surface area contributed by atoms with Crippen molar-refractivity contribution >= 4 is 11.1 Å². The molecule has 152 valence electrons. The average molecular weight is 391 g/mol. The summed E-state index contributed by atoms with van der Waals surface area (Å²) in [6, 6.07) is 17.1. The van der Waals surface area contributed by atoms with Gasteiger partial charge in [0.2, 0.25) is 0 Å². The van der Waals surface area contributed by atoms with Gasteiger partial charge in [0.15, 0.2) is 0 Å². The summed E-state index contributed by atoms with van der Waals surface area (Å²) in [7, 11) is 0. The molecular weight excluding hydrogens is 360 g/mol. The highest BCUT2D eigenvalue weighted by Crippen LogP contribution is 2.29. The fourth-order valence-corrected chi connectivity index (χ4v) is 3.69. The first-order valence-corrected chi connectivity index (χ1v) is 10.4. The number of epoxide rings is 2. The molecule has 2 saturated heterocycles. The molecule has 0 saturated carbocycles. The van der Waals surface area contributed by atoms with Crippen LogP contribution in [0.3, 0.4) is 0 Å². The standard InChI is InChI=1S/C26H30O3/c1-17(2)21-9-5-7-19(11-21)13-23(25-15-27-25)29-24(26-16-28-26)14-20-8-6-10-22(12-20)18(3)4/h5-12,23-26H,1,3,13-16H2,2,4H3. The van der Waals surface area contributed by atoms with Crippen LogP contribution in [0.4, 0.5) is 0 Å². The van der Waals surface area contributed by atoms with E-state index in [0.717, 1.165) is 37.2 Å². The van der Waals surface area contributed by atoms with Crippen LogP contribution >= 0.6 is 0 Å². The van der Waals surface area contributed by atoms with E-state index < -0.39 is 0 Å². The summed E-state index contributed by atoms with van der Waals surface area (Å²) in [6.07, 6.45) is 2.09. The van der Waals surface area contributed by atoms with Crippen LogP contribution in [0.15, 0.2) is 61.7 Å². The van der Waals surface area contributed by atoms with E-state index >= 15 is 0 Å². The van der Waals surface area contributed by atoms with Crippen LogP contribution in [-0.2, 0) is 27.1 Å². The topological polar surface area (TPSA) is 34.3 Å². The third kappa shape index (κ3) is 5.45. The molecule has 0 N–H and O–H groups in total. The van der Waals surface area contributed by atoms with Gasteiger partial charge < -0.3 is 14.2 Å². The number of benzene rings is 2. The molecule has 3 nitrogen and oxygen atoms in total. The van der Waals surface area contributed by atoms with Crippen molar-refractivity contribution < 1.29 is 14.2 Å². The monoisotopic (exact) mass is 390 g/mol. The van der Waals surface area contributed by atoms with Crippen LogP contribution in [0.1, 0.15) is 36.1 Å². The van der Waals surface area contributed by atoms with Crippen molar-refractivity contribution in [1.29, 1.82) is 0 Å². The molecule has 4 unspecified atom stereocenters. The highest BCUT2D eigenvalue weighted by Gasteiger charge is 2.40. The summed E-state index contributed by atoms with van der Waals surface area (Å²) in [4.78, 5) is 0. The lowest BCUT2D eigenvalue weighted by Crippen LogP contribution is -2.33. The molecule has 3 heteroatoms. The first kappa shape index (κ1) is 20.1. The van der Waals surface area contributed by atoms with Crippen LogP contribution in [-0.4, -0.2) is 37.6 Å². The van der Waals surface area contributed by atoms with E-state index in [1.165, 1.54) is 22.3 Å². The maximum Gasteiger partial charge on any atom is 0.107 e. The zero-order valence-electron chi connectivity index (χ0n) is 17.4. The van der Waals surface area contributed by atoms with Crippen LogP contribution in [0, 0.1) is 0 Å². The first-order valence-electron chi connectivity index (χ1n) is 10.4. The number of hydrogen-bond donors (Lipinski definition) is 0. The van der Waals surface area contributed by atoms with Gasteiger partial charge in [0, 0.05) is 12.8 Å². The second-order valence-electron chi connectivity index (χ2n) is 8.33. The minimum atomic E-state index is 0.0360. The largest absolute Gasteiger partial charge is 0.370 e. The summed E-state index contributed by atoms with van der Waals surface area (Å²) >= 11 is 0. The number of hydrogen-bond acceptors (Lipinski definition) is 3. The second-order valence-corrected chi connectivity index (χ2v) is 8.33. The maximum absolute atomic E-state index is 6.61. The molecule has 4 atom stereocenters. The zero-order chi connectivity index (χ0) is 20.4. The van der Waals surface area contributed by atoms with Gasteiger partial charge in [-0.05, 0) is 36.1 Å². The van der Waals surface area contributed by atoms with Crippen molar-refractivity contribution in [2.75, 3.05) is 13.2 Å². The lowest BCUT2D eigenvalue weighted by Gasteiger charge is -2.24. The van der Waals surface area contributed by atoms with Crippen molar-refractivity contribution in [3.8, 4) is 0 Å². The Bertz CT molecular complexity index is 819. The van der Waals surface area contributed by atoms with Crippen LogP contribution < -0.4 is 0 Å². The van der Waals surface area contributed by atoms with Crippen molar-refractivity contribution in [2.45, 2.75) is 51.1 Å². The number of rotatable bonds is 10. The van der Waals surface area contributed by atoms with E-state index in [2.05, 4.69) is 61.7 Å². The van der Waals surface area contributed by atoms with Gasteiger partial charge in [-0.25, -0.2) is 0 Å². The summed E-state index contributed by atoms with van der Waals surface area (Å²) < 4.78 is 17.9. The molecule has 2 aliphatic heterocycles. The summed E-state index contributed by atoms with van der Waals surface area (Å²) in [5.74, 6) is 0. The molecule has 4 rings (SSSR count). The van der Waals surface area contributed by atoms with Gasteiger partial charge in [-0.2, -0.15) is 0 Å². The van der Waals surface area contributed by atoms with Gasteiger partial charge in [-0.1, -0.05) is 72.8 Å². The smallest absolute Gasteiger partial charge is 0.107 e. The lowest BCUT2D eigenvalue weighted by atomic mass is 9.99. The molecule has 2 fully saturated rings. The average Bonchev–Trinajstić information content (AvgIpc) is 3.60. The molecule has 0 spiro atoms. The molecule has 0 aliphatic carbocycles. The third-order valence-corrected chi connectivity index (χ3v) is 5.61. The molecule has 2 aliphatic rings. The Kier molecular flexibility index (Phi) is 6.00. The highest BCUT2D eigenvalue weighted by molar-refractivity contribution is 5.62. The van der Waals surface area contributed by atoms with Crippen molar-refractivity contribution in [1.82, 2.24) is 0 Å². The Morgan fingerprint density at radius 1 is 0.862 bits per heavy atom. The van der Waals surface area contributed by atoms with Crippen molar-refractivity contribution in [2.24, 2.45) is 0 Å². The van der Waals surface area contributed by atoms with E-state index in [1.807, 2.05) is 13.8 Å². The molecular formula is C26H30O3. The molecule has 0 bridgehead atoms. The van der Waals surface area contributed by atoms with Gasteiger partial charge in [0.1, 0.15) is 12.2 Å². The predicted octanol–water partition coefficient (Wildman–Crippen LogP) is 5.09. The van der Waals surface area contributed by atoms with Crippen LogP contribution in [0.2, 0.25) is 0 Å².